The Labute approximate surface area is 176 Å². The molecule has 0 bridgehead atoms. The van der Waals surface area contributed by atoms with Crippen LogP contribution in [0.1, 0.15) is 65.2 Å². The van der Waals surface area contributed by atoms with Gasteiger partial charge in [0.15, 0.2) is 0 Å². The van der Waals surface area contributed by atoms with E-state index in [1.807, 2.05) is 24.9 Å². The molecular weight excluding hydrogens is 362 g/mol. The van der Waals surface area contributed by atoms with Crippen LogP contribution in [0.15, 0.2) is 29.8 Å². The molecule has 0 unspecified atom stereocenters. The van der Waals surface area contributed by atoms with Crippen LogP contribution in [0, 0.1) is 35.0 Å². The maximum absolute atomic E-state index is 5.59. The molecule has 3 aliphatic carbocycles. The molecule has 0 N–H and O–H groups in total. The van der Waals surface area contributed by atoms with Gasteiger partial charge in [0.2, 0.25) is 0 Å². The zero-order valence-corrected chi connectivity index (χ0v) is 18.9. The Balaban J connectivity index is 1.12. The summed E-state index contributed by atoms with van der Waals surface area (Å²) in [4.78, 5) is 4.94. The predicted octanol–water partition coefficient (Wildman–Crippen LogP) is 6.53. The van der Waals surface area contributed by atoms with Crippen molar-refractivity contribution in [1.29, 1.82) is 0 Å². The molecule has 156 valence electrons. The normalized spacial score (nSPS) is 42.5. The van der Waals surface area contributed by atoms with Gasteiger partial charge in [-0.25, -0.2) is 0 Å². The van der Waals surface area contributed by atoms with Gasteiger partial charge >= 0.3 is 0 Å². The Morgan fingerprint density at radius 1 is 1.39 bits per heavy atom. The second-order valence-corrected chi connectivity index (χ2v) is 11.3. The number of hydrogen-bond donors (Lipinski definition) is 0. The van der Waals surface area contributed by atoms with Gasteiger partial charge in [-0.05, 0) is 80.5 Å². The minimum Gasteiger partial charge on any atom is -0.381 e. The highest BCUT2D eigenvalue weighted by Gasteiger charge is 2.59. The molecule has 0 spiro atoms. The number of hydrogen-bond acceptors (Lipinski definition) is 3. The summed E-state index contributed by atoms with van der Waals surface area (Å²) in [6, 6.07) is 0.457. The molecule has 3 heteroatoms. The molecule has 8 atom stereocenters. The summed E-state index contributed by atoms with van der Waals surface area (Å²) in [6.45, 7) is 8.72. The zero-order chi connectivity index (χ0) is 19.7. The first-order valence-electron chi connectivity index (χ1n) is 11.5. The maximum Gasteiger partial charge on any atom is 0.0783 e. The fourth-order valence-electron chi connectivity index (χ4n) is 5.44. The quantitative estimate of drug-likeness (QED) is 0.347. The molecule has 0 radical (unpaired) electrons. The molecule has 0 amide bonds. The predicted molar refractivity (Wildman–Crippen MR) is 122 cm³/mol. The Kier molecular flexibility index (Phi) is 6.42. The summed E-state index contributed by atoms with van der Waals surface area (Å²) in [6.07, 6.45) is 17.6. The molecule has 28 heavy (non-hydrogen) atoms. The van der Waals surface area contributed by atoms with Gasteiger partial charge < -0.3 is 4.74 Å². The Bertz CT molecular complexity index is 628. The third kappa shape index (κ3) is 4.95. The van der Waals surface area contributed by atoms with Crippen LogP contribution in [0.5, 0.6) is 0 Å². The van der Waals surface area contributed by atoms with Gasteiger partial charge in [0.1, 0.15) is 0 Å². The fourth-order valence-corrected chi connectivity index (χ4v) is 6.72. The van der Waals surface area contributed by atoms with Crippen molar-refractivity contribution < 1.29 is 4.74 Å². The van der Waals surface area contributed by atoms with E-state index in [4.69, 9.17) is 9.73 Å². The van der Waals surface area contributed by atoms with Crippen molar-refractivity contribution in [3.63, 3.8) is 0 Å². The van der Waals surface area contributed by atoms with Gasteiger partial charge in [-0.15, -0.1) is 18.3 Å². The van der Waals surface area contributed by atoms with E-state index in [-0.39, 0.29) is 0 Å². The Morgan fingerprint density at radius 3 is 2.93 bits per heavy atom. The number of rotatable bonds is 12. The molecule has 0 aromatic heterocycles. The van der Waals surface area contributed by atoms with E-state index in [0.29, 0.717) is 17.6 Å². The van der Waals surface area contributed by atoms with Crippen LogP contribution in [0.3, 0.4) is 0 Å². The van der Waals surface area contributed by atoms with Crippen LogP contribution in [-0.2, 0) is 4.74 Å². The number of allylic oxidation sites excluding steroid dienone is 1. The summed E-state index contributed by atoms with van der Waals surface area (Å²) in [5.41, 5.74) is 0.597. The van der Waals surface area contributed by atoms with Crippen LogP contribution < -0.4 is 0 Å². The largest absolute Gasteiger partial charge is 0.381 e. The molecule has 1 aliphatic heterocycles. The van der Waals surface area contributed by atoms with Crippen LogP contribution in [0.25, 0.3) is 0 Å². The van der Waals surface area contributed by atoms with Crippen molar-refractivity contribution >= 4 is 16.8 Å². The number of ether oxygens (including phenoxy) is 1. The SMILES string of the molecule is C=CC[C@@H](CC[C@@]1(C)C[C@@H]1[C@H]1C[C@@H]1CCC=C[C@@H]1CSC([C@@H]2C[C@@H]2C)=N1)OC. The average molecular weight is 402 g/mol. The first-order chi connectivity index (χ1) is 13.5. The molecule has 0 aromatic carbocycles. The third-order valence-corrected chi connectivity index (χ3v) is 9.11. The van der Waals surface area contributed by atoms with Gasteiger partial charge in [0.05, 0.1) is 17.2 Å². The Hall–Kier alpha value is -0.540. The van der Waals surface area contributed by atoms with Gasteiger partial charge in [-0.3, -0.25) is 4.99 Å². The molecule has 0 aromatic rings. The molecule has 4 rings (SSSR count). The minimum atomic E-state index is 0.371. The average Bonchev–Trinajstić information content (AvgIpc) is 3.63. The van der Waals surface area contributed by atoms with Crippen molar-refractivity contribution in [2.75, 3.05) is 12.9 Å². The summed E-state index contributed by atoms with van der Waals surface area (Å²) in [7, 11) is 1.84. The number of methoxy groups -OCH3 is 1. The highest BCUT2D eigenvalue weighted by Crippen LogP contribution is 2.67. The van der Waals surface area contributed by atoms with E-state index >= 15 is 0 Å². The molecular formula is C25H39NOS. The van der Waals surface area contributed by atoms with E-state index in [0.717, 1.165) is 36.0 Å². The third-order valence-electron chi connectivity index (χ3n) is 7.90. The zero-order valence-electron chi connectivity index (χ0n) is 18.1. The summed E-state index contributed by atoms with van der Waals surface area (Å²) in [5, 5.41) is 1.45. The molecule has 4 aliphatic rings. The lowest BCUT2D eigenvalue weighted by Crippen LogP contribution is -2.12. The molecule has 0 saturated heterocycles. The van der Waals surface area contributed by atoms with Gasteiger partial charge in [0, 0.05) is 18.8 Å². The van der Waals surface area contributed by atoms with Gasteiger partial charge in [0.25, 0.3) is 0 Å². The highest BCUT2D eigenvalue weighted by atomic mass is 32.2. The standard InChI is InChI=1S/C25H39NOS/c1-5-8-20(27-4)11-12-25(3)15-23(25)22-14-18(22)9-6-7-10-19-16-28-24(26-19)21-13-17(21)2/h5,7,10,17-23H,1,6,8-9,11-16H2,2-4H3/t17-,18-,19+,20-,21+,22-,23+,25-/m0/s1. The second kappa shape index (κ2) is 8.68. The van der Waals surface area contributed by atoms with E-state index in [2.05, 4.69) is 32.6 Å². The number of thioether (sulfide) groups is 1. The number of nitrogens with zero attached hydrogens (tertiary/aromatic N) is 1. The van der Waals surface area contributed by atoms with E-state index < -0.39 is 0 Å². The molecule has 3 saturated carbocycles. The topological polar surface area (TPSA) is 21.6 Å². The fraction of sp³-hybridized carbons (Fsp3) is 0.800. The van der Waals surface area contributed by atoms with Crippen molar-refractivity contribution in [3.05, 3.63) is 24.8 Å². The lowest BCUT2D eigenvalue weighted by Gasteiger charge is -2.17. The molecule has 1 heterocycles. The van der Waals surface area contributed by atoms with Crippen molar-refractivity contribution in [2.24, 2.45) is 40.0 Å². The molecule has 3 fully saturated rings. The number of aliphatic imine (C=N–C) groups is 1. The monoisotopic (exact) mass is 401 g/mol. The maximum atomic E-state index is 5.59. The lowest BCUT2D eigenvalue weighted by molar-refractivity contribution is 0.0898. The van der Waals surface area contributed by atoms with Gasteiger partial charge in [-0.1, -0.05) is 32.1 Å². The van der Waals surface area contributed by atoms with Crippen LogP contribution in [0.4, 0.5) is 0 Å². The molecule has 2 nitrogen and oxygen atoms in total. The summed E-state index contributed by atoms with van der Waals surface area (Å²) in [5.74, 6) is 5.86. The van der Waals surface area contributed by atoms with Crippen LogP contribution in [0.2, 0.25) is 0 Å². The van der Waals surface area contributed by atoms with E-state index in [1.165, 1.54) is 55.7 Å². The Morgan fingerprint density at radius 2 is 2.21 bits per heavy atom. The lowest BCUT2D eigenvalue weighted by atomic mass is 9.94. The van der Waals surface area contributed by atoms with Crippen molar-refractivity contribution in [3.8, 4) is 0 Å². The summed E-state index contributed by atoms with van der Waals surface area (Å²) >= 11 is 2.01. The van der Waals surface area contributed by atoms with Crippen LogP contribution in [-0.4, -0.2) is 30.1 Å². The smallest absolute Gasteiger partial charge is 0.0783 e. The van der Waals surface area contributed by atoms with Crippen molar-refractivity contribution in [2.45, 2.75) is 77.4 Å². The first kappa shape index (κ1) is 20.7. The summed E-state index contributed by atoms with van der Waals surface area (Å²) < 4.78 is 5.59. The van der Waals surface area contributed by atoms with Gasteiger partial charge in [-0.2, -0.15) is 0 Å². The minimum absolute atomic E-state index is 0.371. The van der Waals surface area contributed by atoms with Crippen molar-refractivity contribution in [1.82, 2.24) is 0 Å². The van der Waals surface area contributed by atoms with Crippen LogP contribution >= 0.6 is 11.8 Å². The van der Waals surface area contributed by atoms with E-state index in [9.17, 15) is 0 Å². The van der Waals surface area contributed by atoms with E-state index in [1.54, 1.807) is 0 Å². The second-order valence-electron chi connectivity index (χ2n) is 10.2. The highest BCUT2D eigenvalue weighted by molar-refractivity contribution is 8.14. The first-order valence-corrected chi connectivity index (χ1v) is 12.5.